The van der Waals surface area contributed by atoms with E-state index in [2.05, 4.69) is 405 Å². The van der Waals surface area contributed by atoms with Crippen LogP contribution in [0.3, 0.4) is 0 Å². The number of fused-ring (bicyclic) bond motifs is 24. The molecule has 25 aromatic rings. The van der Waals surface area contributed by atoms with Gasteiger partial charge in [-0.2, -0.15) is 0 Å². The highest BCUT2D eigenvalue weighted by Crippen LogP contribution is 2.47. The minimum Gasteiger partial charge on any atom is -0.309 e. The zero-order valence-electron chi connectivity index (χ0n) is 59.3. The van der Waals surface area contributed by atoms with Gasteiger partial charge in [0.1, 0.15) is 0 Å². The summed E-state index contributed by atoms with van der Waals surface area (Å²) in [4.78, 5) is 0. The van der Waals surface area contributed by atoms with Crippen LogP contribution in [0.5, 0.6) is 0 Å². The lowest BCUT2D eigenvalue weighted by Gasteiger charge is -2.12. The first kappa shape index (κ1) is 62.6. The number of benzene rings is 17. The van der Waals surface area contributed by atoms with Gasteiger partial charge in [0.15, 0.2) is 0 Å². The van der Waals surface area contributed by atoms with E-state index >= 15 is 0 Å². The molecular weight excluding hydrogens is 1390 g/mol. The van der Waals surface area contributed by atoms with Gasteiger partial charge in [0.05, 0.1) is 72.2 Å². The number of thiophene rings is 3. The normalized spacial score (nSPS) is 12.0. The topological polar surface area (TPSA) is 24.6 Å². The molecule has 0 unspecified atom stereocenters. The first-order valence-electron chi connectivity index (χ1n) is 37.5. The van der Waals surface area contributed by atoms with Crippen LogP contribution >= 0.6 is 34.0 Å². The maximum absolute atomic E-state index is 2.48. The quantitative estimate of drug-likeness (QED) is 0.159. The molecule has 0 saturated carbocycles. The summed E-state index contributed by atoms with van der Waals surface area (Å²) in [6.07, 6.45) is 0. The molecule has 0 aliphatic rings. The van der Waals surface area contributed by atoms with Gasteiger partial charge in [0, 0.05) is 126 Å². The number of aromatic nitrogens is 5. The lowest BCUT2D eigenvalue weighted by Crippen LogP contribution is -1.96. The SMILES string of the molecule is c1cc(-c2ccc3c4ccccc4n(-c4cccc5sc6ccccc6c45)c3c2)cc(-n2c3ccccc3c3ccccc32)c1.c1ccc2c(c1)sc1cccc(-n3c4ccccc4c4cc(-n5c6ccccc6c6ccccc65)ccc43)c12.c1ccc2c(c1)sc1cccc(-n3c4ccccc4c4ccccc43)c12. The first-order chi connectivity index (χ1) is 54.6. The fourth-order valence-corrected chi connectivity index (χ4v) is 21.4. The Hall–Kier alpha value is -13.6. The molecule has 17 aromatic carbocycles. The van der Waals surface area contributed by atoms with Crippen molar-refractivity contribution in [2.24, 2.45) is 0 Å². The van der Waals surface area contributed by atoms with Gasteiger partial charge in [0.2, 0.25) is 0 Å². The Bertz CT molecular complexity index is 7920. The van der Waals surface area contributed by atoms with Crippen molar-refractivity contribution in [3.63, 3.8) is 0 Å². The Balaban J connectivity index is 0.000000102. The van der Waals surface area contributed by atoms with Crippen molar-refractivity contribution < 1.29 is 0 Å². The summed E-state index contributed by atoms with van der Waals surface area (Å²) in [5.74, 6) is 0. The standard InChI is InChI=1S/C42H26N2S.C36H22N2S.C24H15NS/c1-5-17-35-30(13-1)31-14-2-6-18-36(31)43(35)29-12-9-11-27(25-29)28-23-24-33-32-15-3-7-19-37(32)44(39(33)26-28)38-20-10-22-41-42(38)34-16-4-8-21-40(34)45-41;1-5-14-29-24(10-1)25-11-2-6-15-30(25)37(29)23-20-21-32-28(22-23)26-12-3-7-16-31(26)38(32)33-17-9-19-35-36(33)27-13-4-8-18-34(27)39-35;1-4-11-19-16(8-1)17-9-2-5-12-20(17)25(19)21-13-7-15-23-24(21)18-10-3-6-14-22(18)26-23/h1-26H;1-22H;1-15H. The van der Waals surface area contributed by atoms with Gasteiger partial charge < -0.3 is 22.8 Å². The molecule has 0 spiro atoms. The number of para-hydroxylation sites is 8. The fraction of sp³-hybridized carbons (Fsp3) is 0. The van der Waals surface area contributed by atoms with Gasteiger partial charge in [0.25, 0.3) is 0 Å². The summed E-state index contributed by atoms with van der Waals surface area (Å²) in [5.41, 5.74) is 20.8. The highest BCUT2D eigenvalue weighted by Gasteiger charge is 2.23. The fourth-order valence-electron chi connectivity index (χ4n) is 18.0. The van der Waals surface area contributed by atoms with Crippen molar-refractivity contribution in [2.45, 2.75) is 0 Å². The lowest BCUT2D eigenvalue weighted by atomic mass is 10.0. The number of hydrogen-bond acceptors (Lipinski definition) is 3. The van der Waals surface area contributed by atoms with E-state index in [4.69, 9.17) is 0 Å². The summed E-state index contributed by atoms with van der Waals surface area (Å²) < 4.78 is 20.1. The maximum atomic E-state index is 2.48. The van der Waals surface area contributed by atoms with E-state index in [-0.39, 0.29) is 0 Å². The van der Waals surface area contributed by atoms with Gasteiger partial charge in [-0.25, -0.2) is 0 Å². The molecule has 0 aliphatic heterocycles. The van der Waals surface area contributed by atoms with E-state index in [0.717, 1.165) is 0 Å². The molecule has 0 atom stereocenters. The van der Waals surface area contributed by atoms with Crippen molar-refractivity contribution in [3.05, 3.63) is 382 Å². The predicted molar refractivity (Wildman–Crippen MR) is 475 cm³/mol. The maximum Gasteiger partial charge on any atom is 0.0555 e. The van der Waals surface area contributed by atoms with E-state index in [0.29, 0.717) is 0 Å². The highest BCUT2D eigenvalue weighted by molar-refractivity contribution is 7.26. The monoisotopic (exact) mass is 1450 g/mol. The molecule has 0 saturated heterocycles. The van der Waals surface area contributed by atoms with E-state index in [1.807, 2.05) is 34.0 Å². The summed E-state index contributed by atoms with van der Waals surface area (Å²) >= 11 is 5.61. The Kier molecular flexibility index (Phi) is 14.2. The highest BCUT2D eigenvalue weighted by atomic mass is 32.1. The van der Waals surface area contributed by atoms with Crippen molar-refractivity contribution in [3.8, 4) is 39.6 Å². The van der Waals surface area contributed by atoms with E-state index in [1.54, 1.807) is 0 Å². The van der Waals surface area contributed by atoms with Crippen molar-refractivity contribution >= 4 is 204 Å². The smallest absolute Gasteiger partial charge is 0.0555 e. The van der Waals surface area contributed by atoms with Crippen LogP contribution in [0.1, 0.15) is 0 Å². The molecule has 0 amide bonds. The van der Waals surface area contributed by atoms with Gasteiger partial charge in [-0.05, 0) is 151 Å². The van der Waals surface area contributed by atoms with Crippen LogP contribution in [-0.4, -0.2) is 22.8 Å². The summed E-state index contributed by atoms with van der Waals surface area (Å²) in [5, 5.41) is 20.8. The summed E-state index contributed by atoms with van der Waals surface area (Å²) in [6.45, 7) is 0. The summed E-state index contributed by atoms with van der Waals surface area (Å²) in [7, 11) is 0. The molecule has 110 heavy (non-hydrogen) atoms. The van der Waals surface area contributed by atoms with Crippen molar-refractivity contribution in [1.29, 1.82) is 0 Å². The van der Waals surface area contributed by atoms with Crippen molar-refractivity contribution in [1.82, 2.24) is 22.8 Å². The van der Waals surface area contributed by atoms with Crippen LogP contribution in [0, 0.1) is 0 Å². The molecular formula is C102H63N5S3. The summed E-state index contributed by atoms with van der Waals surface area (Å²) in [6, 6.07) is 139. The number of rotatable bonds is 6. The van der Waals surface area contributed by atoms with Crippen LogP contribution in [-0.2, 0) is 0 Å². The molecule has 0 bridgehead atoms. The Labute approximate surface area is 643 Å². The Morgan fingerprint density at radius 2 is 0.409 bits per heavy atom. The molecule has 0 radical (unpaired) electrons. The largest absolute Gasteiger partial charge is 0.309 e. The predicted octanol–water partition coefficient (Wildman–Crippen LogP) is 29.3. The van der Waals surface area contributed by atoms with Crippen LogP contribution in [0.25, 0.3) is 209 Å². The molecule has 5 nitrogen and oxygen atoms in total. The molecule has 25 rings (SSSR count). The Morgan fingerprint density at radius 3 is 0.782 bits per heavy atom. The molecule has 514 valence electrons. The van der Waals surface area contributed by atoms with Gasteiger partial charge in [-0.15, -0.1) is 34.0 Å². The van der Waals surface area contributed by atoms with Gasteiger partial charge >= 0.3 is 0 Å². The third-order valence-electron chi connectivity index (χ3n) is 22.6. The lowest BCUT2D eigenvalue weighted by molar-refractivity contribution is 1.17. The molecule has 8 heteroatoms. The average molecular weight is 1450 g/mol. The van der Waals surface area contributed by atoms with Crippen LogP contribution in [0.15, 0.2) is 382 Å². The minimum absolute atomic E-state index is 1.17. The van der Waals surface area contributed by atoms with E-state index in [1.165, 1.54) is 209 Å². The van der Waals surface area contributed by atoms with E-state index in [9.17, 15) is 0 Å². The van der Waals surface area contributed by atoms with Crippen LogP contribution < -0.4 is 0 Å². The molecule has 0 N–H and O–H groups in total. The number of hydrogen-bond donors (Lipinski definition) is 0. The van der Waals surface area contributed by atoms with Crippen molar-refractivity contribution in [2.75, 3.05) is 0 Å². The molecule has 0 aliphatic carbocycles. The average Bonchev–Trinajstić information content (AvgIpc) is 1.58. The third-order valence-corrected chi connectivity index (χ3v) is 26.0. The molecule has 8 aromatic heterocycles. The van der Waals surface area contributed by atoms with Crippen LogP contribution in [0.4, 0.5) is 0 Å². The second kappa shape index (κ2) is 25.0. The Morgan fingerprint density at radius 1 is 0.145 bits per heavy atom. The molecule has 0 fully saturated rings. The molecule has 8 heterocycles. The second-order valence-corrected chi connectivity index (χ2v) is 31.8. The van der Waals surface area contributed by atoms with Gasteiger partial charge in [-0.3, -0.25) is 0 Å². The number of nitrogens with zero attached hydrogens (tertiary/aromatic N) is 5. The van der Waals surface area contributed by atoms with Gasteiger partial charge in [-0.1, -0.05) is 243 Å². The first-order valence-corrected chi connectivity index (χ1v) is 39.9. The third kappa shape index (κ3) is 9.57. The zero-order chi connectivity index (χ0) is 72.1. The van der Waals surface area contributed by atoms with Crippen LogP contribution in [0.2, 0.25) is 0 Å². The second-order valence-electron chi connectivity index (χ2n) is 28.5. The minimum atomic E-state index is 1.17. The zero-order valence-corrected chi connectivity index (χ0v) is 61.8. The van der Waals surface area contributed by atoms with E-state index < -0.39 is 0 Å².